The second kappa shape index (κ2) is 5.47. The molecule has 0 aliphatic carbocycles. The molecule has 80 valence electrons. The van der Waals surface area contributed by atoms with Crippen molar-refractivity contribution in [1.82, 2.24) is 9.88 Å². The lowest BCUT2D eigenvalue weighted by molar-refractivity contribution is 0.189. The van der Waals surface area contributed by atoms with E-state index in [4.69, 9.17) is 0 Å². The molecule has 0 aromatic carbocycles. The van der Waals surface area contributed by atoms with Crippen LogP contribution in [0, 0.1) is 5.92 Å². The van der Waals surface area contributed by atoms with E-state index in [1.165, 1.54) is 5.01 Å². The van der Waals surface area contributed by atoms with Gasteiger partial charge < -0.3 is 0 Å². The highest BCUT2D eigenvalue weighted by Gasteiger charge is 2.12. The lowest BCUT2D eigenvalue weighted by Crippen LogP contribution is -2.33. The van der Waals surface area contributed by atoms with Crippen LogP contribution in [0.1, 0.15) is 32.7 Å². The quantitative estimate of drug-likeness (QED) is 0.746. The van der Waals surface area contributed by atoms with Crippen LogP contribution < -0.4 is 0 Å². The van der Waals surface area contributed by atoms with Crippen molar-refractivity contribution < 1.29 is 0 Å². The Kier molecular flexibility index (Phi) is 4.55. The highest BCUT2D eigenvalue weighted by molar-refractivity contribution is 7.09. The van der Waals surface area contributed by atoms with Gasteiger partial charge in [-0.15, -0.1) is 11.3 Å². The Hall–Kier alpha value is -0.410. The zero-order valence-electron chi connectivity index (χ0n) is 9.53. The minimum absolute atomic E-state index is 0.598. The zero-order chi connectivity index (χ0) is 10.6. The summed E-state index contributed by atoms with van der Waals surface area (Å²) in [6, 6.07) is 0.598. The van der Waals surface area contributed by atoms with E-state index < -0.39 is 0 Å². The van der Waals surface area contributed by atoms with Gasteiger partial charge in [0.2, 0.25) is 0 Å². The smallest absolute Gasteiger partial charge is 0.107 e. The molecule has 1 rings (SSSR count). The van der Waals surface area contributed by atoms with Crippen LogP contribution >= 0.6 is 11.3 Å². The first-order valence-corrected chi connectivity index (χ1v) is 6.10. The Morgan fingerprint density at radius 1 is 1.36 bits per heavy atom. The first-order valence-electron chi connectivity index (χ1n) is 5.22. The summed E-state index contributed by atoms with van der Waals surface area (Å²) < 4.78 is 0. The lowest BCUT2D eigenvalue weighted by Gasteiger charge is -2.27. The van der Waals surface area contributed by atoms with E-state index >= 15 is 0 Å². The second-order valence-corrected chi connectivity index (χ2v) is 5.32. The summed E-state index contributed by atoms with van der Waals surface area (Å²) in [4.78, 5) is 6.80. The van der Waals surface area contributed by atoms with Gasteiger partial charge in [-0.25, -0.2) is 4.98 Å². The van der Waals surface area contributed by atoms with Crippen molar-refractivity contribution in [1.29, 1.82) is 0 Å². The van der Waals surface area contributed by atoms with Gasteiger partial charge in [0.1, 0.15) is 5.01 Å². The fourth-order valence-electron chi connectivity index (χ4n) is 1.43. The molecular formula is C11H20N2S. The Morgan fingerprint density at radius 2 is 2.07 bits per heavy atom. The molecule has 0 saturated heterocycles. The Labute approximate surface area is 91.0 Å². The number of nitrogens with zero attached hydrogens (tertiary/aromatic N) is 2. The number of hydrogen-bond donors (Lipinski definition) is 0. The first kappa shape index (κ1) is 11.7. The topological polar surface area (TPSA) is 16.1 Å². The van der Waals surface area contributed by atoms with Crippen molar-refractivity contribution in [2.75, 3.05) is 6.54 Å². The van der Waals surface area contributed by atoms with E-state index in [1.54, 1.807) is 11.3 Å². The van der Waals surface area contributed by atoms with E-state index in [0.29, 0.717) is 6.04 Å². The number of aromatic nitrogens is 1. The molecule has 0 aliphatic heterocycles. The molecule has 0 amide bonds. The first-order chi connectivity index (χ1) is 6.59. The highest BCUT2D eigenvalue weighted by Crippen LogP contribution is 2.12. The third-order valence-corrected chi connectivity index (χ3v) is 2.92. The highest BCUT2D eigenvalue weighted by atomic mass is 32.1. The van der Waals surface area contributed by atoms with Crippen LogP contribution in [0.3, 0.4) is 0 Å². The van der Waals surface area contributed by atoms with E-state index in [1.807, 2.05) is 11.6 Å². The van der Waals surface area contributed by atoms with Gasteiger partial charge in [-0.05, 0) is 19.8 Å². The standard InChI is InChI=1S/C11H20N2S/c1-9(2)7-13(10(3)4)8-11-12-5-6-14-11/h5-6,9-10H,7-8H2,1-4H3. The van der Waals surface area contributed by atoms with Crippen LogP contribution in [-0.4, -0.2) is 22.5 Å². The molecule has 0 fully saturated rings. The van der Waals surface area contributed by atoms with Gasteiger partial charge in [0.15, 0.2) is 0 Å². The van der Waals surface area contributed by atoms with E-state index in [2.05, 4.69) is 37.6 Å². The average Bonchev–Trinajstić information content (AvgIpc) is 2.54. The summed E-state index contributed by atoms with van der Waals surface area (Å²) in [7, 11) is 0. The second-order valence-electron chi connectivity index (χ2n) is 4.34. The summed E-state index contributed by atoms with van der Waals surface area (Å²) in [6.45, 7) is 11.2. The maximum absolute atomic E-state index is 4.32. The Balaban J connectivity index is 2.51. The summed E-state index contributed by atoms with van der Waals surface area (Å²) in [5, 5.41) is 3.27. The SMILES string of the molecule is CC(C)CN(Cc1nccs1)C(C)C. The molecule has 14 heavy (non-hydrogen) atoms. The summed E-state index contributed by atoms with van der Waals surface area (Å²) in [6.07, 6.45) is 1.88. The molecule has 0 bridgehead atoms. The van der Waals surface area contributed by atoms with Gasteiger partial charge in [-0.1, -0.05) is 13.8 Å². The minimum Gasteiger partial charge on any atom is -0.294 e. The Morgan fingerprint density at radius 3 is 2.50 bits per heavy atom. The van der Waals surface area contributed by atoms with Crippen LogP contribution in [0.4, 0.5) is 0 Å². The fraction of sp³-hybridized carbons (Fsp3) is 0.727. The predicted octanol–water partition coefficient (Wildman–Crippen LogP) is 3.01. The normalized spacial score (nSPS) is 11.9. The molecule has 0 radical (unpaired) electrons. The Bertz CT molecular complexity index is 242. The van der Waals surface area contributed by atoms with Crippen molar-refractivity contribution in [3.63, 3.8) is 0 Å². The van der Waals surface area contributed by atoms with Crippen LogP contribution in [0.5, 0.6) is 0 Å². The van der Waals surface area contributed by atoms with Gasteiger partial charge in [0.05, 0.1) is 6.54 Å². The van der Waals surface area contributed by atoms with E-state index in [-0.39, 0.29) is 0 Å². The number of hydrogen-bond acceptors (Lipinski definition) is 3. The van der Waals surface area contributed by atoms with Crippen molar-refractivity contribution in [2.24, 2.45) is 5.92 Å². The van der Waals surface area contributed by atoms with Gasteiger partial charge in [0.25, 0.3) is 0 Å². The maximum Gasteiger partial charge on any atom is 0.107 e. The molecule has 0 N–H and O–H groups in total. The number of thiazole rings is 1. The van der Waals surface area contributed by atoms with Gasteiger partial charge in [0, 0.05) is 24.2 Å². The maximum atomic E-state index is 4.32. The molecule has 3 heteroatoms. The molecule has 1 aromatic heterocycles. The van der Waals surface area contributed by atoms with Crippen LogP contribution in [0.15, 0.2) is 11.6 Å². The average molecular weight is 212 g/mol. The summed E-state index contributed by atoms with van der Waals surface area (Å²) in [5.41, 5.74) is 0. The lowest BCUT2D eigenvalue weighted by atomic mass is 10.2. The molecule has 1 heterocycles. The summed E-state index contributed by atoms with van der Waals surface area (Å²) in [5.74, 6) is 0.720. The molecule has 2 nitrogen and oxygen atoms in total. The van der Waals surface area contributed by atoms with Crippen LogP contribution in [0.25, 0.3) is 0 Å². The van der Waals surface area contributed by atoms with Gasteiger partial charge in [-0.2, -0.15) is 0 Å². The molecule has 0 spiro atoms. The van der Waals surface area contributed by atoms with Gasteiger partial charge >= 0.3 is 0 Å². The monoisotopic (exact) mass is 212 g/mol. The minimum atomic E-state index is 0.598. The third-order valence-electron chi connectivity index (χ3n) is 2.15. The molecule has 0 aliphatic rings. The van der Waals surface area contributed by atoms with Crippen LogP contribution in [0.2, 0.25) is 0 Å². The fourth-order valence-corrected chi connectivity index (χ4v) is 2.07. The van der Waals surface area contributed by atoms with Crippen molar-refractivity contribution in [3.05, 3.63) is 16.6 Å². The molecule has 0 atom stereocenters. The predicted molar refractivity (Wildman–Crippen MR) is 62.5 cm³/mol. The largest absolute Gasteiger partial charge is 0.294 e. The molecular weight excluding hydrogens is 192 g/mol. The summed E-state index contributed by atoms with van der Waals surface area (Å²) >= 11 is 1.74. The molecule has 0 saturated carbocycles. The van der Waals surface area contributed by atoms with E-state index in [9.17, 15) is 0 Å². The van der Waals surface area contributed by atoms with Crippen molar-refractivity contribution >= 4 is 11.3 Å². The van der Waals surface area contributed by atoms with Crippen molar-refractivity contribution in [3.8, 4) is 0 Å². The third kappa shape index (κ3) is 3.76. The van der Waals surface area contributed by atoms with Crippen LogP contribution in [-0.2, 0) is 6.54 Å². The zero-order valence-corrected chi connectivity index (χ0v) is 10.3. The molecule has 1 aromatic rings. The molecule has 0 unspecified atom stereocenters. The van der Waals surface area contributed by atoms with E-state index in [0.717, 1.165) is 19.0 Å². The van der Waals surface area contributed by atoms with Crippen molar-refractivity contribution in [2.45, 2.75) is 40.3 Å². The number of rotatable bonds is 5. The van der Waals surface area contributed by atoms with Gasteiger partial charge in [-0.3, -0.25) is 4.90 Å².